The van der Waals surface area contributed by atoms with Crippen molar-refractivity contribution >= 4 is 11.8 Å². The monoisotopic (exact) mass is 182 g/mol. The fraction of sp³-hybridized carbons (Fsp3) is 0.800. The molecule has 3 atom stereocenters. The molecule has 3 heteroatoms. The average Bonchev–Trinajstić information content (AvgIpc) is 2.40. The van der Waals surface area contributed by atoms with Crippen molar-refractivity contribution < 1.29 is 14.7 Å². The molecule has 2 aliphatic rings. The lowest BCUT2D eigenvalue weighted by Gasteiger charge is -2.31. The maximum atomic E-state index is 11.6. The van der Waals surface area contributed by atoms with Crippen LogP contribution in [0.4, 0.5) is 0 Å². The summed E-state index contributed by atoms with van der Waals surface area (Å²) in [5, 5.41) is 9.18. The fourth-order valence-corrected chi connectivity index (χ4v) is 3.06. The number of carboxylic acid groups (broad SMARTS) is 1. The molecule has 2 rings (SSSR count). The molecule has 2 saturated carbocycles. The Labute approximate surface area is 77.1 Å². The van der Waals surface area contributed by atoms with Gasteiger partial charge in [-0.3, -0.25) is 9.59 Å². The van der Waals surface area contributed by atoms with E-state index in [-0.39, 0.29) is 11.7 Å². The Kier molecular flexibility index (Phi) is 1.44. The summed E-state index contributed by atoms with van der Waals surface area (Å²) in [6.45, 7) is 3.55. The van der Waals surface area contributed by atoms with E-state index in [1.807, 2.05) is 6.92 Å². The summed E-state index contributed by atoms with van der Waals surface area (Å²) >= 11 is 0. The number of rotatable bonds is 1. The highest BCUT2D eigenvalue weighted by atomic mass is 16.4. The van der Waals surface area contributed by atoms with E-state index in [0.29, 0.717) is 6.42 Å². The second-order valence-electron chi connectivity index (χ2n) is 4.70. The van der Waals surface area contributed by atoms with Gasteiger partial charge in [-0.15, -0.1) is 0 Å². The minimum atomic E-state index is -0.802. The minimum Gasteiger partial charge on any atom is -0.481 e. The van der Waals surface area contributed by atoms with E-state index in [1.54, 1.807) is 6.92 Å². The molecule has 0 spiro atoms. The number of hydrogen-bond donors (Lipinski definition) is 1. The molecule has 1 N–H and O–H groups in total. The van der Waals surface area contributed by atoms with Crippen molar-refractivity contribution in [2.45, 2.75) is 33.1 Å². The van der Waals surface area contributed by atoms with Crippen molar-refractivity contribution in [3.05, 3.63) is 0 Å². The minimum absolute atomic E-state index is 0.0718. The molecule has 0 radical (unpaired) electrons. The van der Waals surface area contributed by atoms with Crippen LogP contribution >= 0.6 is 0 Å². The maximum Gasteiger partial charge on any atom is 0.310 e. The third-order valence-corrected chi connectivity index (χ3v) is 4.45. The molecule has 0 heterocycles. The lowest BCUT2D eigenvalue weighted by molar-refractivity contribution is -0.156. The second-order valence-corrected chi connectivity index (χ2v) is 4.70. The van der Waals surface area contributed by atoms with Crippen molar-refractivity contribution in [1.82, 2.24) is 0 Å². The van der Waals surface area contributed by atoms with Crippen molar-refractivity contribution in [1.29, 1.82) is 0 Å². The Hall–Kier alpha value is -0.860. The summed E-state index contributed by atoms with van der Waals surface area (Å²) in [5.41, 5.74) is -1.40. The molecular weight excluding hydrogens is 168 g/mol. The zero-order valence-electron chi connectivity index (χ0n) is 7.96. The van der Waals surface area contributed by atoms with E-state index < -0.39 is 16.8 Å². The standard InChI is InChI=1S/C10H14O3/c1-9-4-3-6(5-7(9)11)10(9,2)8(12)13/h6H,3-5H2,1-2H3,(H,12,13). The molecule has 3 nitrogen and oxygen atoms in total. The van der Waals surface area contributed by atoms with Gasteiger partial charge in [0, 0.05) is 11.8 Å². The Morgan fingerprint density at radius 2 is 2.15 bits per heavy atom. The van der Waals surface area contributed by atoms with E-state index in [0.717, 1.165) is 12.8 Å². The molecule has 2 fully saturated rings. The van der Waals surface area contributed by atoms with Crippen LogP contribution in [0.5, 0.6) is 0 Å². The van der Waals surface area contributed by atoms with Crippen LogP contribution in [0.2, 0.25) is 0 Å². The molecule has 0 aromatic carbocycles. The molecule has 0 aliphatic heterocycles. The van der Waals surface area contributed by atoms with Crippen LogP contribution in [0.15, 0.2) is 0 Å². The van der Waals surface area contributed by atoms with Gasteiger partial charge in [-0.05, 0) is 25.7 Å². The van der Waals surface area contributed by atoms with Crippen molar-refractivity contribution in [2.75, 3.05) is 0 Å². The quantitative estimate of drug-likeness (QED) is 0.668. The van der Waals surface area contributed by atoms with Crippen LogP contribution < -0.4 is 0 Å². The Balaban J connectivity index is 2.53. The first-order valence-electron chi connectivity index (χ1n) is 4.69. The molecule has 2 bridgehead atoms. The number of carbonyl (C=O) groups excluding carboxylic acids is 1. The van der Waals surface area contributed by atoms with Gasteiger partial charge in [-0.25, -0.2) is 0 Å². The van der Waals surface area contributed by atoms with Crippen molar-refractivity contribution in [3.63, 3.8) is 0 Å². The highest BCUT2D eigenvalue weighted by Gasteiger charge is 2.67. The molecule has 3 unspecified atom stereocenters. The van der Waals surface area contributed by atoms with Gasteiger partial charge >= 0.3 is 5.97 Å². The fourth-order valence-electron chi connectivity index (χ4n) is 3.06. The number of aliphatic carboxylic acids is 1. The van der Waals surface area contributed by atoms with E-state index >= 15 is 0 Å². The third-order valence-electron chi connectivity index (χ3n) is 4.45. The molecule has 0 amide bonds. The molecule has 0 aromatic heterocycles. The van der Waals surface area contributed by atoms with Crippen LogP contribution in [0.25, 0.3) is 0 Å². The SMILES string of the molecule is CC12CCC(CC1=O)C2(C)C(=O)O. The number of ketones is 1. The maximum absolute atomic E-state index is 11.6. The van der Waals surface area contributed by atoms with Gasteiger partial charge in [-0.1, -0.05) is 6.92 Å². The predicted molar refractivity (Wildman–Crippen MR) is 46.2 cm³/mol. The van der Waals surface area contributed by atoms with Crippen LogP contribution in [0.3, 0.4) is 0 Å². The van der Waals surface area contributed by atoms with Gasteiger partial charge in [0.1, 0.15) is 5.78 Å². The summed E-state index contributed by atoms with van der Waals surface area (Å²) in [7, 11) is 0. The molecule has 2 aliphatic carbocycles. The summed E-state index contributed by atoms with van der Waals surface area (Å²) in [6, 6.07) is 0. The molecule has 13 heavy (non-hydrogen) atoms. The normalized spacial score (nSPS) is 48.5. The Morgan fingerprint density at radius 3 is 2.38 bits per heavy atom. The van der Waals surface area contributed by atoms with Crippen molar-refractivity contribution in [2.24, 2.45) is 16.7 Å². The molecular formula is C10H14O3. The van der Waals surface area contributed by atoms with Crippen LogP contribution in [0.1, 0.15) is 33.1 Å². The lowest BCUT2D eigenvalue weighted by Crippen LogP contribution is -2.41. The number of carboxylic acids is 1. The van der Waals surface area contributed by atoms with E-state index in [9.17, 15) is 14.7 Å². The summed E-state index contributed by atoms with van der Waals surface area (Å²) in [6.07, 6.45) is 2.11. The van der Waals surface area contributed by atoms with Crippen LogP contribution in [-0.2, 0) is 9.59 Å². The van der Waals surface area contributed by atoms with Crippen LogP contribution in [0, 0.1) is 16.7 Å². The first kappa shape index (κ1) is 8.73. The zero-order valence-corrected chi connectivity index (χ0v) is 7.96. The number of fused-ring (bicyclic) bond motifs is 2. The largest absolute Gasteiger partial charge is 0.481 e. The summed E-state index contributed by atoms with van der Waals surface area (Å²) in [5.74, 6) is -0.584. The van der Waals surface area contributed by atoms with Gasteiger partial charge in [0.15, 0.2) is 0 Å². The molecule has 0 saturated heterocycles. The number of Topliss-reactive ketones (excluding diaryl/α,β-unsaturated/α-hetero) is 1. The third kappa shape index (κ3) is 0.713. The van der Waals surface area contributed by atoms with Gasteiger partial charge < -0.3 is 5.11 Å². The topological polar surface area (TPSA) is 54.4 Å². The average molecular weight is 182 g/mol. The highest BCUT2D eigenvalue weighted by Crippen LogP contribution is 2.63. The zero-order chi connectivity index (χ0) is 9.85. The number of hydrogen-bond acceptors (Lipinski definition) is 2. The van der Waals surface area contributed by atoms with Gasteiger partial charge in [-0.2, -0.15) is 0 Å². The lowest BCUT2D eigenvalue weighted by atomic mass is 9.69. The summed E-state index contributed by atoms with van der Waals surface area (Å²) in [4.78, 5) is 22.8. The van der Waals surface area contributed by atoms with Crippen molar-refractivity contribution in [3.8, 4) is 0 Å². The first-order chi connectivity index (χ1) is 5.93. The van der Waals surface area contributed by atoms with Gasteiger partial charge in [0.05, 0.1) is 5.41 Å². The number of carbonyl (C=O) groups is 2. The Morgan fingerprint density at radius 1 is 1.54 bits per heavy atom. The highest BCUT2D eigenvalue weighted by molar-refractivity contribution is 5.96. The van der Waals surface area contributed by atoms with E-state index in [2.05, 4.69) is 0 Å². The molecule has 0 aromatic rings. The summed E-state index contributed by atoms with van der Waals surface area (Å²) < 4.78 is 0. The van der Waals surface area contributed by atoms with Crippen LogP contribution in [-0.4, -0.2) is 16.9 Å². The predicted octanol–water partition coefficient (Wildman–Crippen LogP) is 1.47. The smallest absolute Gasteiger partial charge is 0.310 e. The van der Waals surface area contributed by atoms with E-state index in [4.69, 9.17) is 0 Å². The van der Waals surface area contributed by atoms with E-state index in [1.165, 1.54) is 0 Å². The second kappa shape index (κ2) is 2.14. The molecule has 72 valence electrons. The first-order valence-corrected chi connectivity index (χ1v) is 4.69. The Bertz CT molecular complexity index is 297. The van der Waals surface area contributed by atoms with Gasteiger partial charge in [0.25, 0.3) is 0 Å². The van der Waals surface area contributed by atoms with Gasteiger partial charge in [0.2, 0.25) is 0 Å².